The normalized spacial score (nSPS) is 10.9. The first kappa shape index (κ1) is 15.6. The Morgan fingerprint density at radius 2 is 1.92 bits per heavy atom. The van der Waals surface area contributed by atoms with Crippen LogP contribution in [0, 0.1) is 6.92 Å². The highest BCUT2D eigenvalue weighted by Crippen LogP contribution is 2.33. The van der Waals surface area contributed by atoms with E-state index in [2.05, 4.69) is 58.8 Å². The van der Waals surface area contributed by atoms with Gasteiger partial charge < -0.3 is 5.32 Å². The first-order chi connectivity index (χ1) is 12.2. The van der Waals surface area contributed by atoms with Gasteiger partial charge in [-0.05, 0) is 35.9 Å². The molecule has 124 valence electrons. The Balaban J connectivity index is 1.75. The number of H-pyrrole nitrogens is 1. The number of rotatable bonds is 4. The molecule has 2 N–H and O–H groups in total. The van der Waals surface area contributed by atoms with E-state index in [0.29, 0.717) is 5.82 Å². The van der Waals surface area contributed by atoms with Crippen molar-refractivity contribution < 1.29 is 4.79 Å². The molecular formula is C20H17N3OS. The quantitative estimate of drug-likeness (QED) is 0.558. The van der Waals surface area contributed by atoms with Gasteiger partial charge in [0.15, 0.2) is 0 Å². The molecule has 2 heterocycles. The number of aromatic nitrogens is 2. The summed E-state index contributed by atoms with van der Waals surface area (Å²) in [5, 5.41) is 10.7. The van der Waals surface area contributed by atoms with E-state index in [1.807, 2.05) is 12.1 Å². The molecule has 4 nitrogen and oxygen atoms in total. The molecule has 0 saturated heterocycles. The highest BCUT2D eigenvalue weighted by atomic mass is 32.1. The van der Waals surface area contributed by atoms with Gasteiger partial charge in [0.1, 0.15) is 5.82 Å². The monoisotopic (exact) mass is 347 g/mol. The summed E-state index contributed by atoms with van der Waals surface area (Å²) >= 11 is 1.53. The Hall–Kier alpha value is -2.92. The summed E-state index contributed by atoms with van der Waals surface area (Å²) in [5.74, 6) is 0.497. The van der Waals surface area contributed by atoms with Crippen LogP contribution in [0.5, 0.6) is 0 Å². The first-order valence-electron chi connectivity index (χ1n) is 8.07. The van der Waals surface area contributed by atoms with Crippen LogP contribution in [0.25, 0.3) is 10.1 Å². The van der Waals surface area contributed by atoms with Crippen molar-refractivity contribution in [3.05, 3.63) is 82.4 Å². The number of benzene rings is 2. The predicted octanol–water partition coefficient (Wildman–Crippen LogP) is 4.78. The lowest BCUT2D eigenvalue weighted by Gasteiger charge is -2.06. The number of amides is 1. The zero-order valence-corrected chi connectivity index (χ0v) is 14.6. The predicted molar refractivity (Wildman–Crippen MR) is 102 cm³/mol. The number of aromatic amines is 1. The maximum atomic E-state index is 12.8. The molecule has 0 fully saturated rings. The van der Waals surface area contributed by atoms with Crippen molar-refractivity contribution in [3.8, 4) is 0 Å². The van der Waals surface area contributed by atoms with Gasteiger partial charge in [0.05, 0.1) is 11.1 Å². The van der Waals surface area contributed by atoms with Crippen LogP contribution in [0.4, 0.5) is 5.82 Å². The number of aryl methyl sites for hydroxylation is 1. The fraction of sp³-hybridized carbons (Fsp3) is 0.100. The van der Waals surface area contributed by atoms with Gasteiger partial charge in [-0.25, -0.2) is 0 Å². The molecular weight excluding hydrogens is 330 g/mol. The second-order valence-electron chi connectivity index (χ2n) is 5.99. The summed E-state index contributed by atoms with van der Waals surface area (Å²) in [7, 11) is 0. The summed E-state index contributed by atoms with van der Waals surface area (Å²) in [6, 6.07) is 18.4. The molecule has 4 rings (SSSR count). The van der Waals surface area contributed by atoms with Crippen molar-refractivity contribution in [2.45, 2.75) is 13.3 Å². The molecule has 2 aromatic carbocycles. The Labute approximate surface area is 149 Å². The Kier molecular flexibility index (Phi) is 4.07. The third kappa shape index (κ3) is 3.19. The van der Waals surface area contributed by atoms with Crippen molar-refractivity contribution >= 4 is 33.1 Å². The molecule has 0 saturated carbocycles. The van der Waals surface area contributed by atoms with Crippen LogP contribution in [0.2, 0.25) is 0 Å². The highest BCUT2D eigenvalue weighted by molar-refractivity contribution is 7.21. The summed E-state index contributed by atoms with van der Waals surface area (Å²) in [6.07, 6.45) is 2.35. The Morgan fingerprint density at radius 3 is 2.68 bits per heavy atom. The van der Waals surface area contributed by atoms with Crippen LogP contribution in [0.1, 0.15) is 26.4 Å². The van der Waals surface area contributed by atoms with Crippen molar-refractivity contribution in [3.63, 3.8) is 0 Å². The average Bonchev–Trinajstić information content (AvgIpc) is 3.25. The van der Waals surface area contributed by atoms with E-state index in [-0.39, 0.29) is 5.91 Å². The van der Waals surface area contributed by atoms with Crippen LogP contribution >= 0.6 is 11.3 Å². The zero-order valence-electron chi connectivity index (χ0n) is 13.7. The molecule has 5 heteroatoms. The fourth-order valence-corrected chi connectivity index (χ4v) is 3.99. The van der Waals surface area contributed by atoms with Gasteiger partial charge in [-0.2, -0.15) is 5.10 Å². The summed E-state index contributed by atoms with van der Waals surface area (Å²) in [6.45, 7) is 2.08. The second-order valence-corrected chi connectivity index (χ2v) is 7.04. The standard InChI is InChI=1S/C20H17N3OS/c1-13-6-8-14(9-7-13)12-16-15-4-2-3-5-17(15)25-19(16)20(24)22-18-10-11-21-23-18/h2-11H,12H2,1H3,(H2,21,22,23,24). The molecule has 4 aromatic rings. The number of carbonyl (C=O) groups is 1. The minimum atomic E-state index is -0.104. The van der Waals surface area contributed by atoms with Gasteiger partial charge in [0.2, 0.25) is 0 Å². The maximum absolute atomic E-state index is 12.8. The van der Waals surface area contributed by atoms with Crippen molar-refractivity contribution in [1.29, 1.82) is 0 Å². The number of hydrogen-bond donors (Lipinski definition) is 2. The minimum absolute atomic E-state index is 0.104. The molecule has 0 spiro atoms. The van der Waals surface area contributed by atoms with Crippen LogP contribution < -0.4 is 5.32 Å². The van der Waals surface area contributed by atoms with Crippen molar-refractivity contribution in [1.82, 2.24) is 10.2 Å². The summed E-state index contributed by atoms with van der Waals surface area (Å²) < 4.78 is 1.12. The SMILES string of the molecule is Cc1ccc(Cc2c(C(=O)Nc3ccn[nH]3)sc3ccccc23)cc1. The van der Waals surface area contributed by atoms with Crippen molar-refractivity contribution in [2.75, 3.05) is 5.32 Å². The van der Waals surface area contributed by atoms with Gasteiger partial charge in [-0.3, -0.25) is 9.89 Å². The second kappa shape index (κ2) is 6.53. The van der Waals surface area contributed by atoms with Gasteiger partial charge >= 0.3 is 0 Å². The first-order valence-corrected chi connectivity index (χ1v) is 8.89. The van der Waals surface area contributed by atoms with E-state index < -0.39 is 0 Å². The number of thiophene rings is 1. The number of anilines is 1. The maximum Gasteiger partial charge on any atom is 0.267 e. The molecule has 1 amide bonds. The number of hydrogen-bond acceptors (Lipinski definition) is 3. The summed E-state index contributed by atoms with van der Waals surface area (Å²) in [4.78, 5) is 13.5. The molecule has 0 atom stereocenters. The van der Waals surface area contributed by atoms with E-state index in [1.165, 1.54) is 22.5 Å². The highest BCUT2D eigenvalue weighted by Gasteiger charge is 2.19. The third-order valence-corrected chi connectivity index (χ3v) is 5.37. The molecule has 2 aromatic heterocycles. The molecule has 0 radical (unpaired) electrons. The van der Waals surface area contributed by atoms with Crippen LogP contribution in [0.15, 0.2) is 60.8 Å². The van der Waals surface area contributed by atoms with E-state index in [1.54, 1.807) is 12.3 Å². The number of carbonyl (C=O) groups excluding carboxylic acids is 1. The molecule has 25 heavy (non-hydrogen) atoms. The molecule has 0 unspecified atom stereocenters. The fourth-order valence-electron chi connectivity index (χ4n) is 2.87. The minimum Gasteiger partial charge on any atom is -0.306 e. The van der Waals surface area contributed by atoms with Gasteiger partial charge in [0, 0.05) is 10.8 Å². The smallest absolute Gasteiger partial charge is 0.267 e. The lowest BCUT2D eigenvalue weighted by atomic mass is 10.0. The van der Waals surface area contributed by atoms with Crippen LogP contribution in [-0.2, 0) is 6.42 Å². The summed E-state index contributed by atoms with van der Waals surface area (Å²) in [5.41, 5.74) is 3.50. The van der Waals surface area contributed by atoms with Gasteiger partial charge in [-0.1, -0.05) is 48.0 Å². The third-order valence-electron chi connectivity index (χ3n) is 4.15. The number of nitrogens with zero attached hydrogens (tertiary/aromatic N) is 1. The van der Waals surface area contributed by atoms with E-state index in [0.717, 1.165) is 26.9 Å². The topological polar surface area (TPSA) is 57.8 Å². The molecule has 0 aliphatic rings. The molecule has 0 bridgehead atoms. The average molecular weight is 347 g/mol. The lowest BCUT2D eigenvalue weighted by Crippen LogP contribution is -2.12. The number of nitrogens with one attached hydrogen (secondary N) is 2. The van der Waals surface area contributed by atoms with Crippen LogP contribution in [0.3, 0.4) is 0 Å². The van der Waals surface area contributed by atoms with Crippen molar-refractivity contribution in [2.24, 2.45) is 0 Å². The Morgan fingerprint density at radius 1 is 1.12 bits per heavy atom. The van der Waals surface area contributed by atoms with E-state index >= 15 is 0 Å². The van der Waals surface area contributed by atoms with E-state index in [4.69, 9.17) is 0 Å². The Bertz CT molecular complexity index is 1020. The molecule has 0 aliphatic heterocycles. The molecule has 0 aliphatic carbocycles. The lowest BCUT2D eigenvalue weighted by molar-refractivity contribution is 0.102. The van der Waals surface area contributed by atoms with Crippen LogP contribution in [-0.4, -0.2) is 16.1 Å². The van der Waals surface area contributed by atoms with Gasteiger partial charge in [-0.15, -0.1) is 11.3 Å². The zero-order chi connectivity index (χ0) is 17.2. The van der Waals surface area contributed by atoms with Gasteiger partial charge in [0.25, 0.3) is 5.91 Å². The van der Waals surface area contributed by atoms with E-state index in [9.17, 15) is 4.79 Å². The number of fused-ring (bicyclic) bond motifs is 1. The largest absolute Gasteiger partial charge is 0.306 e.